The van der Waals surface area contributed by atoms with Crippen LogP contribution in [0.15, 0.2) is 76.0 Å². The second-order valence-corrected chi connectivity index (χ2v) is 6.06. The van der Waals surface area contributed by atoms with Gasteiger partial charge in [0.25, 0.3) is 11.8 Å². The molecule has 2 N–H and O–H groups in total. The van der Waals surface area contributed by atoms with Gasteiger partial charge in [-0.25, -0.2) is 0 Å². The first-order valence-electron chi connectivity index (χ1n) is 8.87. The summed E-state index contributed by atoms with van der Waals surface area (Å²) >= 11 is 0. The van der Waals surface area contributed by atoms with Crippen molar-refractivity contribution in [2.75, 3.05) is 17.7 Å². The van der Waals surface area contributed by atoms with Gasteiger partial charge in [-0.15, -0.1) is 0 Å². The fourth-order valence-corrected chi connectivity index (χ4v) is 2.70. The van der Waals surface area contributed by atoms with Crippen LogP contribution in [-0.2, 0) is 0 Å². The number of hydrogen-bond acceptors (Lipinski definition) is 7. The number of furan rings is 1. The lowest BCUT2D eigenvalue weighted by atomic mass is 10.1. The zero-order valence-electron chi connectivity index (χ0n) is 15.8. The van der Waals surface area contributed by atoms with E-state index in [4.69, 9.17) is 13.7 Å². The van der Waals surface area contributed by atoms with Crippen molar-refractivity contribution >= 4 is 23.4 Å². The van der Waals surface area contributed by atoms with Crippen LogP contribution >= 0.6 is 0 Å². The maximum Gasteiger partial charge on any atom is 0.293 e. The molecule has 0 saturated carbocycles. The normalized spacial score (nSPS) is 10.4. The van der Waals surface area contributed by atoms with Gasteiger partial charge in [0.1, 0.15) is 17.0 Å². The first kappa shape index (κ1) is 18.9. The van der Waals surface area contributed by atoms with Crippen LogP contribution in [0.3, 0.4) is 0 Å². The topological polar surface area (TPSA) is 119 Å². The fourth-order valence-electron chi connectivity index (χ4n) is 2.70. The number of ether oxygens (including phenoxy) is 1. The molecule has 0 radical (unpaired) electrons. The molecule has 2 amide bonds. The maximum absolute atomic E-state index is 13.1. The first-order chi connectivity index (χ1) is 14.7. The second-order valence-electron chi connectivity index (χ2n) is 6.06. The minimum atomic E-state index is -0.581. The minimum Gasteiger partial charge on any atom is -0.497 e. The number of methoxy groups -OCH3 is 1. The molecular weight excluding hydrogens is 388 g/mol. The Morgan fingerprint density at radius 3 is 2.47 bits per heavy atom. The summed E-state index contributed by atoms with van der Waals surface area (Å²) in [5.74, 6) is -0.520. The highest BCUT2D eigenvalue weighted by molar-refractivity contribution is 6.13. The molecule has 0 atom stereocenters. The summed E-state index contributed by atoms with van der Waals surface area (Å²) < 4.78 is 15.5. The third kappa shape index (κ3) is 3.90. The van der Waals surface area contributed by atoms with Crippen LogP contribution in [0.4, 0.5) is 11.6 Å². The van der Waals surface area contributed by atoms with Gasteiger partial charge in [-0.05, 0) is 48.5 Å². The number of benzene rings is 1. The Morgan fingerprint density at radius 2 is 1.80 bits per heavy atom. The number of anilines is 2. The van der Waals surface area contributed by atoms with E-state index >= 15 is 0 Å². The van der Waals surface area contributed by atoms with Crippen LogP contribution in [0.1, 0.15) is 20.9 Å². The van der Waals surface area contributed by atoms with Crippen molar-refractivity contribution in [2.24, 2.45) is 0 Å². The van der Waals surface area contributed by atoms with Gasteiger partial charge in [-0.2, -0.15) is 0 Å². The van der Waals surface area contributed by atoms with Crippen LogP contribution in [0.2, 0.25) is 0 Å². The summed E-state index contributed by atoms with van der Waals surface area (Å²) in [6.45, 7) is 0. The predicted molar refractivity (Wildman–Crippen MR) is 107 cm³/mol. The second kappa shape index (κ2) is 8.31. The Labute approximate surface area is 170 Å². The molecule has 4 aromatic rings. The number of carbonyl (C=O) groups is 2. The van der Waals surface area contributed by atoms with Gasteiger partial charge in [-0.3, -0.25) is 19.9 Å². The predicted octanol–water partition coefficient (Wildman–Crippen LogP) is 3.84. The van der Waals surface area contributed by atoms with Crippen molar-refractivity contribution in [1.82, 2.24) is 10.1 Å². The molecule has 0 aliphatic rings. The zero-order valence-corrected chi connectivity index (χ0v) is 15.8. The minimum absolute atomic E-state index is 0.0319. The monoisotopic (exact) mass is 404 g/mol. The van der Waals surface area contributed by atoms with Crippen LogP contribution in [0.5, 0.6) is 5.75 Å². The molecule has 9 heteroatoms. The Morgan fingerprint density at radius 1 is 0.967 bits per heavy atom. The molecule has 30 heavy (non-hydrogen) atoms. The van der Waals surface area contributed by atoms with E-state index in [-0.39, 0.29) is 22.9 Å². The highest BCUT2D eigenvalue weighted by atomic mass is 16.5. The van der Waals surface area contributed by atoms with Crippen molar-refractivity contribution < 1.29 is 23.3 Å². The number of amides is 2. The highest BCUT2D eigenvalue weighted by Gasteiger charge is 2.27. The van der Waals surface area contributed by atoms with E-state index in [1.54, 1.807) is 61.8 Å². The molecule has 9 nitrogen and oxygen atoms in total. The van der Waals surface area contributed by atoms with Gasteiger partial charge >= 0.3 is 0 Å². The summed E-state index contributed by atoms with van der Waals surface area (Å²) in [5, 5.41) is 9.22. The lowest BCUT2D eigenvalue weighted by Gasteiger charge is -2.08. The van der Waals surface area contributed by atoms with Crippen LogP contribution in [0.25, 0.3) is 11.4 Å². The Kier molecular flexibility index (Phi) is 5.25. The average Bonchev–Trinajstić information content (AvgIpc) is 3.45. The van der Waals surface area contributed by atoms with Crippen LogP contribution < -0.4 is 15.4 Å². The van der Waals surface area contributed by atoms with Crippen molar-refractivity contribution in [3.63, 3.8) is 0 Å². The van der Waals surface area contributed by atoms with Gasteiger partial charge in [0.05, 0.1) is 19.1 Å². The number of nitrogens with zero attached hydrogens (tertiary/aromatic N) is 2. The van der Waals surface area contributed by atoms with Crippen LogP contribution in [0, 0.1) is 0 Å². The molecule has 0 unspecified atom stereocenters. The fraction of sp³-hybridized carbons (Fsp3) is 0.0476. The summed E-state index contributed by atoms with van der Waals surface area (Å²) in [4.78, 5) is 29.7. The molecule has 0 aliphatic carbocycles. The standard InChI is InChI=1S/C21H16N4O5/c1-28-14-9-7-13(8-10-14)23-20(27)17-18(15-5-2-3-11-22-15)25-30-21(17)24-19(26)16-6-4-12-29-16/h2-12H,1H3,(H,23,27)(H,24,26). The molecule has 0 spiro atoms. The molecule has 3 heterocycles. The lowest BCUT2D eigenvalue weighted by Crippen LogP contribution is -2.17. The molecule has 0 saturated heterocycles. The average molecular weight is 404 g/mol. The number of pyridine rings is 1. The number of rotatable bonds is 6. The van der Waals surface area contributed by atoms with Crippen LogP contribution in [-0.4, -0.2) is 29.1 Å². The number of hydrogen-bond donors (Lipinski definition) is 2. The molecule has 0 fully saturated rings. The zero-order chi connectivity index (χ0) is 20.9. The summed E-state index contributed by atoms with van der Waals surface area (Å²) in [6, 6.07) is 15.0. The van der Waals surface area contributed by atoms with Crippen molar-refractivity contribution in [3.8, 4) is 17.1 Å². The van der Waals surface area contributed by atoms with Gasteiger partial charge in [0.2, 0.25) is 5.88 Å². The van der Waals surface area contributed by atoms with E-state index in [1.807, 2.05) is 0 Å². The van der Waals surface area contributed by atoms with E-state index in [0.717, 1.165) is 0 Å². The quantitative estimate of drug-likeness (QED) is 0.501. The van der Waals surface area contributed by atoms with E-state index < -0.39 is 11.8 Å². The van der Waals surface area contributed by atoms with Gasteiger partial charge < -0.3 is 19.0 Å². The smallest absolute Gasteiger partial charge is 0.293 e. The van der Waals surface area contributed by atoms with E-state index in [1.165, 1.54) is 12.3 Å². The third-order valence-electron chi connectivity index (χ3n) is 4.15. The SMILES string of the molecule is COc1ccc(NC(=O)c2c(-c3ccccn3)noc2NC(=O)c2ccco2)cc1. The molecule has 0 bridgehead atoms. The van der Waals surface area contributed by atoms with Gasteiger partial charge in [0.15, 0.2) is 5.76 Å². The molecule has 1 aromatic carbocycles. The maximum atomic E-state index is 13.1. The van der Waals surface area contributed by atoms with Crippen molar-refractivity contribution in [2.45, 2.75) is 0 Å². The molecule has 4 rings (SSSR count). The Balaban J connectivity index is 1.68. The Bertz CT molecular complexity index is 1150. The van der Waals surface area contributed by atoms with E-state index in [9.17, 15) is 9.59 Å². The number of carbonyl (C=O) groups excluding carboxylic acids is 2. The van der Waals surface area contributed by atoms with Gasteiger partial charge in [-0.1, -0.05) is 11.2 Å². The van der Waals surface area contributed by atoms with E-state index in [2.05, 4.69) is 20.8 Å². The largest absolute Gasteiger partial charge is 0.497 e. The summed E-state index contributed by atoms with van der Waals surface area (Å²) in [5.41, 5.74) is 1.16. The Hall–Kier alpha value is -4.40. The van der Waals surface area contributed by atoms with E-state index in [0.29, 0.717) is 17.1 Å². The summed E-state index contributed by atoms with van der Waals surface area (Å²) in [7, 11) is 1.55. The molecular formula is C21H16N4O5. The van der Waals surface area contributed by atoms with Gasteiger partial charge in [0, 0.05) is 11.9 Å². The van der Waals surface area contributed by atoms with Crippen molar-refractivity contribution in [3.05, 3.63) is 78.4 Å². The number of nitrogens with one attached hydrogen (secondary N) is 2. The number of aromatic nitrogens is 2. The molecule has 0 aliphatic heterocycles. The highest BCUT2D eigenvalue weighted by Crippen LogP contribution is 2.29. The molecule has 150 valence electrons. The van der Waals surface area contributed by atoms with Crippen molar-refractivity contribution in [1.29, 1.82) is 0 Å². The third-order valence-corrected chi connectivity index (χ3v) is 4.15. The summed E-state index contributed by atoms with van der Waals surface area (Å²) in [6.07, 6.45) is 2.93. The first-order valence-corrected chi connectivity index (χ1v) is 8.87. The molecule has 3 aromatic heterocycles. The lowest BCUT2D eigenvalue weighted by molar-refractivity contribution is 0.0993.